The van der Waals surface area contributed by atoms with E-state index in [-0.39, 0.29) is 5.92 Å². The van der Waals surface area contributed by atoms with Gasteiger partial charge in [0, 0.05) is 22.0 Å². The molecule has 108 valence electrons. The first kappa shape index (κ1) is 14.0. The van der Waals surface area contributed by atoms with E-state index in [0.29, 0.717) is 16.3 Å². The Morgan fingerprint density at radius 3 is 2.60 bits per heavy atom. The number of hydrogen-bond donors (Lipinski definition) is 0. The first-order valence-electron chi connectivity index (χ1n) is 7.51. The lowest BCUT2D eigenvalue weighted by Crippen LogP contribution is -2.33. The molecule has 0 radical (unpaired) electrons. The van der Waals surface area contributed by atoms with Gasteiger partial charge in [0.15, 0.2) is 5.78 Å². The van der Waals surface area contributed by atoms with Crippen molar-refractivity contribution >= 4 is 17.5 Å². The first-order valence-corrected chi connectivity index (χ1v) is 8.46. The lowest BCUT2D eigenvalue weighted by Gasteiger charge is -2.38. The Morgan fingerprint density at radius 1 is 1.25 bits per heavy atom. The highest BCUT2D eigenvalue weighted by Gasteiger charge is 2.36. The molecule has 0 aromatic heterocycles. The van der Waals surface area contributed by atoms with Gasteiger partial charge in [-0.2, -0.15) is 11.8 Å². The zero-order valence-corrected chi connectivity index (χ0v) is 13.0. The van der Waals surface area contributed by atoms with Crippen molar-refractivity contribution in [1.29, 1.82) is 0 Å². The Balaban J connectivity index is 1.81. The summed E-state index contributed by atoms with van der Waals surface area (Å²) >= 11 is 2.12. The van der Waals surface area contributed by atoms with Crippen molar-refractivity contribution in [3.63, 3.8) is 0 Å². The van der Waals surface area contributed by atoms with Gasteiger partial charge in [0.2, 0.25) is 0 Å². The van der Waals surface area contributed by atoms with Crippen LogP contribution in [0.25, 0.3) is 0 Å². The van der Waals surface area contributed by atoms with Crippen LogP contribution < -0.4 is 4.74 Å². The van der Waals surface area contributed by atoms with Gasteiger partial charge in [0.05, 0.1) is 7.11 Å². The monoisotopic (exact) mass is 290 g/mol. The molecule has 1 aromatic carbocycles. The zero-order chi connectivity index (χ0) is 14.1. The SMILES string of the molecule is COc1ccc(C)c(C(=O)C2CC3CCCC(C2)S3)c1. The Bertz CT molecular complexity index is 500. The van der Waals surface area contributed by atoms with Crippen LogP contribution in [0.3, 0.4) is 0 Å². The van der Waals surface area contributed by atoms with Gasteiger partial charge in [-0.05, 0) is 50.3 Å². The predicted octanol–water partition coefficient (Wildman–Crippen LogP) is 4.25. The minimum absolute atomic E-state index is 0.220. The molecule has 2 heterocycles. The van der Waals surface area contributed by atoms with Crippen LogP contribution in [0.4, 0.5) is 0 Å². The van der Waals surface area contributed by atoms with E-state index >= 15 is 0 Å². The molecule has 0 saturated carbocycles. The van der Waals surface area contributed by atoms with Gasteiger partial charge in [-0.25, -0.2) is 0 Å². The highest BCUT2D eigenvalue weighted by Crippen LogP contribution is 2.44. The largest absolute Gasteiger partial charge is 0.497 e. The Morgan fingerprint density at radius 2 is 1.95 bits per heavy atom. The highest BCUT2D eigenvalue weighted by atomic mass is 32.2. The fourth-order valence-corrected chi connectivity index (χ4v) is 5.32. The number of aryl methyl sites for hydroxylation is 1. The van der Waals surface area contributed by atoms with E-state index in [2.05, 4.69) is 11.8 Å². The number of hydrogen-bond acceptors (Lipinski definition) is 3. The van der Waals surface area contributed by atoms with Crippen LogP contribution in [-0.2, 0) is 0 Å². The smallest absolute Gasteiger partial charge is 0.166 e. The lowest BCUT2D eigenvalue weighted by molar-refractivity contribution is 0.0895. The van der Waals surface area contributed by atoms with Crippen LogP contribution in [0.5, 0.6) is 5.75 Å². The van der Waals surface area contributed by atoms with E-state index in [4.69, 9.17) is 4.74 Å². The van der Waals surface area contributed by atoms with Crippen molar-refractivity contribution < 1.29 is 9.53 Å². The van der Waals surface area contributed by atoms with Gasteiger partial charge < -0.3 is 4.74 Å². The standard InChI is InChI=1S/C17H22O2S/c1-11-6-7-13(19-2)10-16(11)17(18)12-8-14-4-3-5-15(9-12)20-14/h6-7,10,12,14-15H,3-5,8-9H2,1-2H3. The van der Waals surface area contributed by atoms with E-state index in [0.717, 1.165) is 29.7 Å². The molecule has 3 heteroatoms. The van der Waals surface area contributed by atoms with Gasteiger partial charge in [0.25, 0.3) is 0 Å². The molecular weight excluding hydrogens is 268 g/mol. The summed E-state index contributed by atoms with van der Waals surface area (Å²) in [6, 6.07) is 5.83. The molecule has 3 rings (SSSR count). The minimum atomic E-state index is 0.220. The van der Waals surface area contributed by atoms with Crippen LogP contribution in [0, 0.1) is 12.8 Å². The number of carbonyl (C=O) groups is 1. The third-order valence-corrected chi connectivity index (χ3v) is 6.24. The summed E-state index contributed by atoms with van der Waals surface area (Å²) < 4.78 is 5.27. The third kappa shape index (κ3) is 2.73. The average molecular weight is 290 g/mol. The molecule has 2 fully saturated rings. The number of rotatable bonds is 3. The first-order chi connectivity index (χ1) is 9.67. The van der Waals surface area contributed by atoms with Gasteiger partial charge >= 0.3 is 0 Å². The summed E-state index contributed by atoms with van der Waals surface area (Å²) in [4.78, 5) is 12.9. The summed E-state index contributed by atoms with van der Waals surface area (Å²) in [5.74, 6) is 1.33. The zero-order valence-electron chi connectivity index (χ0n) is 12.2. The molecule has 2 aliphatic heterocycles. The second-order valence-electron chi connectivity index (χ2n) is 6.02. The topological polar surface area (TPSA) is 26.3 Å². The maximum Gasteiger partial charge on any atom is 0.166 e. The number of Topliss-reactive ketones (excluding diaryl/α,β-unsaturated/α-hetero) is 1. The number of carbonyl (C=O) groups excluding carboxylic acids is 1. The quantitative estimate of drug-likeness (QED) is 0.778. The molecule has 2 saturated heterocycles. The summed E-state index contributed by atoms with van der Waals surface area (Å²) in [5.41, 5.74) is 1.93. The van der Waals surface area contributed by atoms with E-state index in [1.54, 1.807) is 7.11 Å². The second-order valence-corrected chi connectivity index (χ2v) is 7.63. The van der Waals surface area contributed by atoms with Gasteiger partial charge in [-0.15, -0.1) is 0 Å². The molecule has 0 N–H and O–H groups in total. The summed E-state index contributed by atoms with van der Waals surface area (Å²) in [5, 5.41) is 1.42. The van der Waals surface area contributed by atoms with Crippen LogP contribution in [0.15, 0.2) is 18.2 Å². The number of methoxy groups -OCH3 is 1. The Labute approximate surface area is 125 Å². The molecular formula is C17H22O2S. The maximum absolute atomic E-state index is 12.9. The average Bonchev–Trinajstić information content (AvgIpc) is 2.46. The van der Waals surface area contributed by atoms with Gasteiger partial charge in [-0.3, -0.25) is 4.79 Å². The molecule has 0 amide bonds. The number of thioether (sulfide) groups is 1. The van der Waals surface area contributed by atoms with Crippen LogP contribution in [0.2, 0.25) is 0 Å². The number of ether oxygens (including phenoxy) is 1. The fourth-order valence-electron chi connectivity index (χ4n) is 3.49. The second kappa shape index (κ2) is 5.80. The van der Waals surface area contributed by atoms with Crippen LogP contribution in [-0.4, -0.2) is 23.4 Å². The molecule has 1 aromatic rings. The molecule has 2 nitrogen and oxygen atoms in total. The number of ketones is 1. The van der Waals surface area contributed by atoms with E-state index in [1.807, 2.05) is 25.1 Å². The van der Waals surface area contributed by atoms with Crippen molar-refractivity contribution in [3.8, 4) is 5.75 Å². The lowest BCUT2D eigenvalue weighted by atomic mass is 9.83. The van der Waals surface area contributed by atoms with E-state index in [9.17, 15) is 4.79 Å². The van der Waals surface area contributed by atoms with Crippen molar-refractivity contribution in [2.75, 3.05) is 7.11 Å². The molecule has 2 unspecified atom stereocenters. The van der Waals surface area contributed by atoms with E-state index < -0.39 is 0 Å². The molecule has 0 spiro atoms. The third-order valence-electron chi connectivity index (χ3n) is 4.61. The van der Waals surface area contributed by atoms with Gasteiger partial charge in [-0.1, -0.05) is 12.5 Å². The van der Waals surface area contributed by atoms with Gasteiger partial charge in [0.1, 0.15) is 5.75 Å². The molecule has 2 bridgehead atoms. The van der Waals surface area contributed by atoms with Crippen molar-refractivity contribution in [1.82, 2.24) is 0 Å². The number of fused-ring (bicyclic) bond motifs is 2. The fraction of sp³-hybridized carbons (Fsp3) is 0.588. The summed E-state index contributed by atoms with van der Waals surface area (Å²) in [6.45, 7) is 2.02. The Kier molecular flexibility index (Phi) is 4.06. The molecule has 20 heavy (non-hydrogen) atoms. The van der Waals surface area contributed by atoms with E-state index in [1.165, 1.54) is 19.3 Å². The van der Waals surface area contributed by atoms with Crippen molar-refractivity contribution in [2.45, 2.75) is 49.5 Å². The summed E-state index contributed by atoms with van der Waals surface area (Å²) in [7, 11) is 1.65. The molecule has 2 aliphatic rings. The normalized spacial score (nSPS) is 29.0. The number of benzene rings is 1. The van der Waals surface area contributed by atoms with Crippen molar-refractivity contribution in [2.24, 2.45) is 5.92 Å². The van der Waals surface area contributed by atoms with Crippen molar-refractivity contribution in [3.05, 3.63) is 29.3 Å². The summed E-state index contributed by atoms with van der Waals surface area (Å²) in [6.07, 6.45) is 6.07. The van der Waals surface area contributed by atoms with Crippen LogP contribution >= 0.6 is 11.8 Å². The molecule has 0 aliphatic carbocycles. The predicted molar refractivity (Wildman–Crippen MR) is 83.8 cm³/mol. The van der Waals surface area contributed by atoms with Crippen LogP contribution in [0.1, 0.15) is 48.0 Å². The highest BCUT2D eigenvalue weighted by molar-refractivity contribution is 8.00. The Hall–Kier alpha value is -0.960. The maximum atomic E-state index is 12.9. The minimum Gasteiger partial charge on any atom is -0.497 e. The molecule has 2 atom stereocenters.